The molecular formula is C15H22BrNO. The zero-order chi connectivity index (χ0) is 13.5. The molecule has 2 nitrogen and oxygen atoms in total. The van der Waals surface area contributed by atoms with E-state index < -0.39 is 0 Å². The van der Waals surface area contributed by atoms with Crippen LogP contribution < -0.4 is 0 Å². The third kappa shape index (κ3) is 4.54. The molecule has 1 rings (SSSR count). The predicted molar refractivity (Wildman–Crippen MR) is 80.0 cm³/mol. The summed E-state index contributed by atoms with van der Waals surface area (Å²) >= 11 is 3.43. The highest BCUT2D eigenvalue weighted by Crippen LogP contribution is 2.17. The number of nitrogens with zero attached hydrogens (tertiary/aromatic N) is 1. The topological polar surface area (TPSA) is 20.3 Å². The van der Waals surface area contributed by atoms with E-state index in [0.29, 0.717) is 12.5 Å². The molecule has 0 radical (unpaired) electrons. The molecule has 100 valence electrons. The van der Waals surface area contributed by atoms with E-state index in [2.05, 4.69) is 41.6 Å². The van der Waals surface area contributed by atoms with Gasteiger partial charge in [0.1, 0.15) is 0 Å². The zero-order valence-electron chi connectivity index (χ0n) is 11.4. The first kappa shape index (κ1) is 15.4. The third-order valence-electron chi connectivity index (χ3n) is 3.26. The Hall–Kier alpha value is -0.670. The first-order chi connectivity index (χ1) is 8.58. The summed E-state index contributed by atoms with van der Waals surface area (Å²) in [6.45, 7) is 8.93. The number of hydrogen-bond acceptors (Lipinski definition) is 2. The van der Waals surface area contributed by atoms with E-state index in [4.69, 9.17) is 0 Å². The van der Waals surface area contributed by atoms with Crippen molar-refractivity contribution in [1.82, 2.24) is 4.90 Å². The number of carbonyl (C=O) groups excluding carboxylic acids is 1. The second-order valence-electron chi connectivity index (χ2n) is 4.74. The number of carbonyl (C=O) groups is 1. The van der Waals surface area contributed by atoms with Crippen LogP contribution in [-0.4, -0.2) is 30.3 Å². The minimum atomic E-state index is 0.188. The van der Waals surface area contributed by atoms with Crippen molar-refractivity contribution in [3.63, 3.8) is 0 Å². The summed E-state index contributed by atoms with van der Waals surface area (Å²) in [6.07, 6.45) is 1.15. The van der Waals surface area contributed by atoms with Gasteiger partial charge in [0, 0.05) is 16.6 Å². The maximum atomic E-state index is 12.2. The van der Waals surface area contributed by atoms with Crippen molar-refractivity contribution in [2.45, 2.75) is 27.2 Å². The molecule has 18 heavy (non-hydrogen) atoms. The number of hydrogen-bond donors (Lipinski definition) is 0. The molecule has 0 amide bonds. The van der Waals surface area contributed by atoms with Crippen LogP contribution in [0.3, 0.4) is 0 Å². The van der Waals surface area contributed by atoms with Crippen molar-refractivity contribution in [2.75, 3.05) is 19.6 Å². The molecule has 0 aromatic heterocycles. The highest BCUT2D eigenvalue weighted by Gasteiger charge is 2.14. The van der Waals surface area contributed by atoms with Gasteiger partial charge in [-0.1, -0.05) is 61.3 Å². The van der Waals surface area contributed by atoms with Gasteiger partial charge in [-0.05, 0) is 18.5 Å². The van der Waals surface area contributed by atoms with Crippen molar-refractivity contribution < 1.29 is 4.79 Å². The van der Waals surface area contributed by atoms with Crippen LogP contribution in [0.4, 0.5) is 0 Å². The number of Topliss-reactive ketones (excluding diaryl/α,β-unsaturated/α-hetero) is 1. The lowest BCUT2D eigenvalue weighted by molar-refractivity contribution is 0.0923. The van der Waals surface area contributed by atoms with Gasteiger partial charge in [0.05, 0.1) is 6.54 Å². The van der Waals surface area contributed by atoms with Crippen molar-refractivity contribution in [1.29, 1.82) is 0 Å². The quantitative estimate of drug-likeness (QED) is 0.709. The summed E-state index contributed by atoms with van der Waals surface area (Å²) in [7, 11) is 0. The van der Waals surface area contributed by atoms with E-state index in [9.17, 15) is 4.79 Å². The Labute approximate surface area is 119 Å². The molecule has 0 N–H and O–H groups in total. The lowest BCUT2D eigenvalue weighted by Gasteiger charge is -2.23. The van der Waals surface area contributed by atoms with Crippen LogP contribution in [0.1, 0.15) is 37.6 Å². The molecule has 3 heteroatoms. The Morgan fingerprint density at radius 2 is 2.00 bits per heavy atom. The fraction of sp³-hybridized carbons (Fsp3) is 0.533. The van der Waals surface area contributed by atoms with Crippen LogP contribution >= 0.6 is 15.9 Å². The summed E-state index contributed by atoms with van der Waals surface area (Å²) in [6, 6.07) is 7.63. The van der Waals surface area contributed by atoms with Gasteiger partial charge in [-0.2, -0.15) is 0 Å². The number of rotatable bonds is 7. The molecule has 0 aliphatic heterocycles. The number of benzene rings is 1. The molecule has 0 spiro atoms. The van der Waals surface area contributed by atoms with Gasteiger partial charge in [0.2, 0.25) is 0 Å². The summed E-state index contributed by atoms with van der Waals surface area (Å²) in [4.78, 5) is 14.5. The van der Waals surface area contributed by atoms with E-state index in [1.54, 1.807) is 0 Å². The van der Waals surface area contributed by atoms with Gasteiger partial charge in [-0.15, -0.1) is 0 Å². The minimum absolute atomic E-state index is 0.188. The third-order valence-corrected chi connectivity index (χ3v) is 3.95. The molecule has 0 bridgehead atoms. The van der Waals surface area contributed by atoms with Gasteiger partial charge in [-0.25, -0.2) is 0 Å². The van der Waals surface area contributed by atoms with Gasteiger partial charge in [0.25, 0.3) is 0 Å². The Morgan fingerprint density at radius 3 is 2.56 bits per heavy atom. The maximum absolute atomic E-state index is 12.2. The van der Waals surface area contributed by atoms with E-state index in [0.717, 1.165) is 29.5 Å². The molecule has 1 unspecified atom stereocenters. The predicted octanol–water partition coefficient (Wildman–Crippen LogP) is 4.00. The molecule has 1 aromatic rings. The van der Waals surface area contributed by atoms with Crippen LogP contribution in [-0.2, 0) is 0 Å². The van der Waals surface area contributed by atoms with Gasteiger partial charge in [0.15, 0.2) is 5.78 Å². The van der Waals surface area contributed by atoms with E-state index in [-0.39, 0.29) is 5.78 Å². The summed E-state index contributed by atoms with van der Waals surface area (Å²) in [5.41, 5.74) is 0.778. The average Bonchev–Trinajstić information content (AvgIpc) is 2.38. The molecule has 0 aliphatic rings. The number of ketones is 1. The van der Waals surface area contributed by atoms with E-state index in [1.807, 2.05) is 24.3 Å². The second kappa shape index (κ2) is 7.70. The van der Waals surface area contributed by atoms with Crippen LogP contribution in [0.15, 0.2) is 28.7 Å². The Kier molecular flexibility index (Phi) is 6.58. The zero-order valence-corrected chi connectivity index (χ0v) is 13.0. The maximum Gasteiger partial charge on any atom is 0.177 e. The summed E-state index contributed by atoms with van der Waals surface area (Å²) in [5.74, 6) is 0.824. The normalized spacial score (nSPS) is 12.7. The highest BCUT2D eigenvalue weighted by atomic mass is 79.9. The van der Waals surface area contributed by atoms with Gasteiger partial charge in [-0.3, -0.25) is 9.69 Å². The summed E-state index contributed by atoms with van der Waals surface area (Å²) in [5, 5.41) is 0. The van der Waals surface area contributed by atoms with E-state index >= 15 is 0 Å². The Morgan fingerprint density at radius 1 is 1.33 bits per heavy atom. The minimum Gasteiger partial charge on any atom is -0.296 e. The van der Waals surface area contributed by atoms with Crippen LogP contribution in [0.2, 0.25) is 0 Å². The number of likely N-dealkylation sites (N-methyl/N-ethyl adjacent to an activating group) is 1. The lowest BCUT2D eigenvalue weighted by Crippen LogP contribution is -2.33. The summed E-state index contributed by atoms with van der Waals surface area (Å²) < 4.78 is 0.884. The fourth-order valence-corrected chi connectivity index (χ4v) is 2.36. The van der Waals surface area contributed by atoms with Crippen LogP contribution in [0.5, 0.6) is 0 Å². The average molecular weight is 312 g/mol. The standard InChI is InChI=1S/C15H22BrNO/c1-4-12(3)10-17(5-2)11-15(18)13-8-6-7-9-14(13)16/h6-9,12H,4-5,10-11H2,1-3H3. The molecule has 1 aromatic carbocycles. The second-order valence-corrected chi connectivity index (χ2v) is 5.60. The van der Waals surface area contributed by atoms with E-state index in [1.165, 1.54) is 0 Å². The SMILES string of the molecule is CCC(C)CN(CC)CC(=O)c1ccccc1Br. The molecule has 0 saturated heterocycles. The fourth-order valence-electron chi connectivity index (χ4n) is 1.85. The molecule has 1 atom stereocenters. The molecule has 0 aliphatic carbocycles. The lowest BCUT2D eigenvalue weighted by atomic mass is 10.1. The highest BCUT2D eigenvalue weighted by molar-refractivity contribution is 9.10. The molecular weight excluding hydrogens is 290 g/mol. The van der Waals surface area contributed by atoms with Crippen LogP contribution in [0.25, 0.3) is 0 Å². The first-order valence-corrected chi connectivity index (χ1v) is 7.37. The van der Waals surface area contributed by atoms with Crippen LogP contribution in [0, 0.1) is 5.92 Å². The number of halogens is 1. The Balaban J connectivity index is 2.65. The first-order valence-electron chi connectivity index (χ1n) is 6.58. The Bertz CT molecular complexity index is 392. The van der Waals surface area contributed by atoms with Crippen molar-refractivity contribution in [3.8, 4) is 0 Å². The van der Waals surface area contributed by atoms with Gasteiger partial charge < -0.3 is 0 Å². The largest absolute Gasteiger partial charge is 0.296 e. The van der Waals surface area contributed by atoms with Gasteiger partial charge >= 0.3 is 0 Å². The van der Waals surface area contributed by atoms with Crippen molar-refractivity contribution >= 4 is 21.7 Å². The molecule has 0 fully saturated rings. The molecule has 0 saturated carbocycles. The smallest absolute Gasteiger partial charge is 0.177 e. The molecule has 0 heterocycles. The van der Waals surface area contributed by atoms with Crippen molar-refractivity contribution in [3.05, 3.63) is 34.3 Å². The van der Waals surface area contributed by atoms with Crippen molar-refractivity contribution in [2.24, 2.45) is 5.92 Å². The monoisotopic (exact) mass is 311 g/mol.